The highest BCUT2D eigenvalue weighted by Crippen LogP contribution is 2.22. The lowest BCUT2D eigenvalue weighted by Crippen LogP contribution is -2.22. The molecule has 0 spiro atoms. The van der Waals surface area contributed by atoms with Crippen LogP contribution in [0.15, 0.2) is 38.6 Å². The van der Waals surface area contributed by atoms with Crippen LogP contribution >= 0.6 is 43.2 Å². The van der Waals surface area contributed by atoms with Gasteiger partial charge in [0, 0.05) is 9.35 Å². The Morgan fingerprint density at radius 3 is 2.72 bits per heavy atom. The summed E-state index contributed by atoms with van der Waals surface area (Å²) in [4.78, 5) is 12.9. The predicted molar refractivity (Wildman–Crippen MR) is 77.3 cm³/mol. The first-order valence-corrected chi connectivity index (χ1v) is 7.44. The number of amides is 1. The Kier molecular flexibility index (Phi) is 4.53. The molecule has 2 aromatic rings. The van der Waals surface area contributed by atoms with Gasteiger partial charge in [-0.15, -0.1) is 11.3 Å². The minimum Gasteiger partial charge on any atom is -0.347 e. The topological polar surface area (TPSA) is 29.1 Å². The van der Waals surface area contributed by atoms with Crippen LogP contribution < -0.4 is 5.32 Å². The molecule has 0 atom stereocenters. The van der Waals surface area contributed by atoms with Gasteiger partial charge in [0.2, 0.25) is 0 Å². The number of carbonyl (C=O) groups excluding carboxylic acids is 1. The fraction of sp³-hybridized carbons (Fsp3) is 0.0833. The molecule has 0 aliphatic heterocycles. The third-order valence-corrected chi connectivity index (χ3v) is 4.54. The van der Waals surface area contributed by atoms with E-state index in [4.69, 9.17) is 0 Å². The molecular formula is C12H8Br2FNOS. The van der Waals surface area contributed by atoms with E-state index in [9.17, 15) is 9.18 Å². The summed E-state index contributed by atoms with van der Waals surface area (Å²) in [6.45, 7) is 0.429. The molecular weight excluding hydrogens is 385 g/mol. The second-order valence-corrected chi connectivity index (χ2v) is 6.91. The van der Waals surface area contributed by atoms with Crippen molar-refractivity contribution >= 4 is 49.1 Å². The van der Waals surface area contributed by atoms with Crippen molar-refractivity contribution in [2.75, 3.05) is 0 Å². The highest BCUT2D eigenvalue weighted by molar-refractivity contribution is 9.11. The third-order valence-electron chi connectivity index (χ3n) is 2.23. The minimum absolute atomic E-state index is 0.297. The zero-order chi connectivity index (χ0) is 13.1. The lowest BCUT2D eigenvalue weighted by Gasteiger charge is -2.05. The first kappa shape index (κ1) is 13.7. The smallest absolute Gasteiger partial charge is 0.252 e. The Bertz CT molecular complexity index is 585. The Labute approximate surface area is 124 Å². The summed E-state index contributed by atoms with van der Waals surface area (Å²) >= 11 is 8.13. The van der Waals surface area contributed by atoms with Crippen LogP contribution in [-0.4, -0.2) is 5.91 Å². The summed E-state index contributed by atoms with van der Waals surface area (Å²) in [5.74, 6) is -0.729. The molecule has 0 saturated heterocycles. The largest absolute Gasteiger partial charge is 0.347 e. The van der Waals surface area contributed by atoms with Gasteiger partial charge in [-0.05, 0) is 62.2 Å². The van der Waals surface area contributed by atoms with Crippen molar-refractivity contribution < 1.29 is 9.18 Å². The lowest BCUT2D eigenvalue weighted by molar-refractivity contribution is 0.0950. The maximum Gasteiger partial charge on any atom is 0.252 e. The second-order valence-electron chi connectivity index (χ2n) is 3.51. The first-order valence-electron chi connectivity index (χ1n) is 5.04. The van der Waals surface area contributed by atoms with E-state index in [0.29, 0.717) is 16.6 Å². The monoisotopic (exact) mass is 391 g/mol. The van der Waals surface area contributed by atoms with Crippen molar-refractivity contribution in [2.24, 2.45) is 0 Å². The van der Waals surface area contributed by atoms with E-state index in [1.807, 2.05) is 12.1 Å². The summed E-state index contributed by atoms with van der Waals surface area (Å²) < 4.78 is 14.7. The molecule has 0 unspecified atom stereocenters. The van der Waals surface area contributed by atoms with Gasteiger partial charge < -0.3 is 5.32 Å². The summed E-state index contributed by atoms with van der Waals surface area (Å²) in [5, 5.41) is 2.75. The summed E-state index contributed by atoms with van der Waals surface area (Å²) in [6.07, 6.45) is 0. The molecule has 0 bridgehead atoms. The van der Waals surface area contributed by atoms with Gasteiger partial charge in [0.05, 0.1) is 15.9 Å². The fourth-order valence-corrected chi connectivity index (χ4v) is 3.23. The molecule has 0 fully saturated rings. The van der Waals surface area contributed by atoms with E-state index in [2.05, 4.69) is 37.2 Å². The van der Waals surface area contributed by atoms with E-state index in [1.54, 1.807) is 11.3 Å². The zero-order valence-electron chi connectivity index (χ0n) is 9.04. The zero-order valence-corrected chi connectivity index (χ0v) is 13.0. The van der Waals surface area contributed by atoms with Crippen LogP contribution in [0.3, 0.4) is 0 Å². The maximum atomic E-state index is 13.1. The Morgan fingerprint density at radius 2 is 2.06 bits per heavy atom. The second kappa shape index (κ2) is 5.95. The maximum absolute atomic E-state index is 13.1. The lowest BCUT2D eigenvalue weighted by atomic mass is 10.2. The molecule has 0 aliphatic carbocycles. The number of carbonyl (C=O) groups is 1. The van der Waals surface area contributed by atoms with E-state index in [-0.39, 0.29) is 5.91 Å². The summed E-state index contributed by atoms with van der Waals surface area (Å²) in [7, 11) is 0. The van der Waals surface area contributed by atoms with Crippen molar-refractivity contribution in [1.82, 2.24) is 5.32 Å². The van der Waals surface area contributed by atoms with E-state index in [1.165, 1.54) is 18.2 Å². The predicted octanol–water partition coefficient (Wildman–Crippen LogP) is 4.34. The SMILES string of the molecule is O=C(NCc1ccc(Br)s1)c1cc(F)ccc1Br. The van der Waals surface area contributed by atoms with Crippen molar-refractivity contribution in [3.63, 3.8) is 0 Å². The first-order chi connectivity index (χ1) is 8.56. The van der Waals surface area contributed by atoms with Crippen molar-refractivity contribution in [3.8, 4) is 0 Å². The van der Waals surface area contributed by atoms with Gasteiger partial charge >= 0.3 is 0 Å². The number of thiophene rings is 1. The molecule has 0 saturated carbocycles. The van der Waals surface area contributed by atoms with Gasteiger partial charge in [-0.3, -0.25) is 4.79 Å². The van der Waals surface area contributed by atoms with E-state index >= 15 is 0 Å². The average Bonchev–Trinajstić information content (AvgIpc) is 2.75. The molecule has 1 aromatic heterocycles. The Morgan fingerprint density at radius 1 is 1.28 bits per heavy atom. The quantitative estimate of drug-likeness (QED) is 0.826. The fourth-order valence-electron chi connectivity index (χ4n) is 1.38. The van der Waals surface area contributed by atoms with Gasteiger partial charge in [0.1, 0.15) is 5.82 Å². The molecule has 6 heteroatoms. The van der Waals surface area contributed by atoms with Gasteiger partial charge in [0.25, 0.3) is 5.91 Å². The standard InChI is InChI=1S/C12H8Br2FNOS/c13-10-3-1-7(15)5-9(10)12(17)16-6-8-2-4-11(14)18-8/h1-5H,6H2,(H,16,17). The van der Waals surface area contributed by atoms with Gasteiger partial charge in [-0.2, -0.15) is 0 Å². The molecule has 94 valence electrons. The molecule has 1 N–H and O–H groups in total. The number of benzene rings is 1. The van der Waals surface area contributed by atoms with Crippen molar-refractivity contribution in [2.45, 2.75) is 6.54 Å². The van der Waals surface area contributed by atoms with Crippen LogP contribution in [0.2, 0.25) is 0 Å². The Balaban J connectivity index is 2.05. The van der Waals surface area contributed by atoms with Crippen LogP contribution in [0.4, 0.5) is 4.39 Å². The molecule has 1 aromatic carbocycles. The van der Waals surface area contributed by atoms with Crippen molar-refractivity contribution in [3.05, 3.63) is 54.8 Å². The number of hydrogen-bond donors (Lipinski definition) is 1. The average molecular weight is 393 g/mol. The molecule has 18 heavy (non-hydrogen) atoms. The highest BCUT2D eigenvalue weighted by Gasteiger charge is 2.11. The number of halogens is 3. The molecule has 1 heterocycles. The van der Waals surface area contributed by atoms with Crippen LogP contribution in [-0.2, 0) is 6.54 Å². The van der Waals surface area contributed by atoms with Crippen LogP contribution in [0.5, 0.6) is 0 Å². The van der Waals surface area contributed by atoms with Crippen LogP contribution in [0.25, 0.3) is 0 Å². The van der Waals surface area contributed by atoms with Gasteiger partial charge in [-0.1, -0.05) is 0 Å². The van der Waals surface area contributed by atoms with Crippen LogP contribution in [0, 0.1) is 5.82 Å². The molecule has 1 amide bonds. The number of nitrogens with one attached hydrogen (secondary N) is 1. The van der Waals surface area contributed by atoms with Gasteiger partial charge in [0.15, 0.2) is 0 Å². The van der Waals surface area contributed by atoms with E-state index < -0.39 is 5.82 Å². The molecule has 2 rings (SSSR count). The normalized spacial score (nSPS) is 10.4. The highest BCUT2D eigenvalue weighted by atomic mass is 79.9. The van der Waals surface area contributed by atoms with Crippen LogP contribution in [0.1, 0.15) is 15.2 Å². The molecule has 0 radical (unpaired) electrons. The number of hydrogen-bond acceptors (Lipinski definition) is 2. The Hall–Kier alpha value is -0.720. The molecule has 2 nitrogen and oxygen atoms in total. The summed E-state index contributed by atoms with van der Waals surface area (Å²) in [5.41, 5.74) is 0.297. The minimum atomic E-state index is -0.429. The van der Waals surface area contributed by atoms with E-state index in [0.717, 1.165) is 8.66 Å². The number of rotatable bonds is 3. The van der Waals surface area contributed by atoms with Crippen molar-refractivity contribution in [1.29, 1.82) is 0 Å². The van der Waals surface area contributed by atoms with Gasteiger partial charge in [-0.25, -0.2) is 4.39 Å². The summed E-state index contributed by atoms with van der Waals surface area (Å²) in [6, 6.07) is 7.88. The molecule has 0 aliphatic rings. The third kappa shape index (κ3) is 3.40.